The summed E-state index contributed by atoms with van der Waals surface area (Å²) >= 11 is 5.94. The minimum atomic E-state index is -2.94. The van der Waals surface area contributed by atoms with Gasteiger partial charge in [0.05, 0.1) is 11.6 Å². The van der Waals surface area contributed by atoms with Crippen molar-refractivity contribution in [3.63, 3.8) is 0 Å². The maximum Gasteiger partial charge on any atom is 0.387 e. The van der Waals surface area contributed by atoms with Crippen molar-refractivity contribution in [1.29, 1.82) is 0 Å². The van der Waals surface area contributed by atoms with Gasteiger partial charge in [-0.1, -0.05) is 30.9 Å². The Hall–Kier alpha value is -1.44. The number of hydrogen-bond donors (Lipinski definition) is 1. The number of halogens is 3. The van der Waals surface area contributed by atoms with Crippen LogP contribution in [-0.2, 0) is 4.79 Å². The van der Waals surface area contributed by atoms with Crippen molar-refractivity contribution in [1.82, 2.24) is 9.80 Å². The molecule has 1 saturated carbocycles. The van der Waals surface area contributed by atoms with Gasteiger partial charge >= 0.3 is 6.61 Å². The molecule has 0 atom stereocenters. The maximum absolute atomic E-state index is 12.4. The molecule has 0 radical (unpaired) electrons. The molecule has 162 valence electrons. The van der Waals surface area contributed by atoms with Crippen LogP contribution in [0.3, 0.4) is 0 Å². The molecule has 0 bridgehead atoms. The number of nitrogens with one attached hydrogen (secondary N) is 1. The van der Waals surface area contributed by atoms with E-state index >= 15 is 0 Å². The first-order valence-corrected chi connectivity index (χ1v) is 10.9. The van der Waals surface area contributed by atoms with E-state index in [0.29, 0.717) is 12.2 Å². The van der Waals surface area contributed by atoms with E-state index in [-0.39, 0.29) is 16.7 Å². The van der Waals surface area contributed by atoms with Crippen LogP contribution in [0.4, 0.5) is 14.5 Å². The number of nitrogens with zero attached hydrogens (tertiary/aromatic N) is 2. The van der Waals surface area contributed by atoms with E-state index in [4.69, 9.17) is 11.6 Å². The normalized spacial score (nSPS) is 19.9. The highest BCUT2D eigenvalue weighted by atomic mass is 35.5. The molecular formula is C21H30ClF2N3O2. The lowest BCUT2D eigenvalue weighted by Crippen LogP contribution is -2.37. The summed E-state index contributed by atoms with van der Waals surface area (Å²) < 4.78 is 28.9. The lowest BCUT2D eigenvalue weighted by Gasteiger charge is -2.28. The van der Waals surface area contributed by atoms with Crippen LogP contribution in [-0.4, -0.2) is 61.6 Å². The zero-order valence-corrected chi connectivity index (χ0v) is 17.5. The first-order valence-electron chi connectivity index (χ1n) is 10.5. The fourth-order valence-corrected chi connectivity index (χ4v) is 4.50. The number of hydrogen-bond acceptors (Lipinski definition) is 4. The third-order valence-electron chi connectivity index (χ3n) is 5.72. The summed E-state index contributed by atoms with van der Waals surface area (Å²) in [6.07, 6.45) is 7.88. The average Bonchev–Trinajstić information content (AvgIpc) is 2.89. The summed E-state index contributed by atoms with van der Waals surface area (Å²) in [5.41, 5.74) is 0.468. The van der Waals surface area contributed by atoms with E-state index in [1.165, 1.54) is 56.8 Å². The third-order valence-corrected chi connectivity index (χ3v) is 6.02. The number of ether oxygens (including phenoxy) is 1. The number of benzene rings is 1. The Morgan fingerprint density at radius 2 is 1.83 bits per heavy atom. The topological polar surface area (TPSA) is 44.8 Å². The SMILES string of the molecule is O=C(CN1CCCN(CC2CCCCC2)CC1)Nc1ccc(OC(F)F)c(Cl)c1. The van der Waals surface area contributed by atoms with Crippen LogP contribution in [0.1, 0.15) is 38.5 Å². The Kier molecular flexibility index (Phi) is 8.51. The largest absolute Gasteiger partial charge is 0.433 e. The Morgan fingerprint density at radius 1 is 1.10 bits per heavy atom. The summed E-state index contributed by atoms with van der Waals surface area (Å²) in [5.74, 6) is 0.593. The number of anilines is 1. The van der Waals surface area contributed by atoms with Gasteiger partial charge in [-0.25, -0.2) is 0 Å². The summed E-state index contributed by atoms with van der Waals surface area (Å²) in [4.78, 5) is 17.1. The predicted molar refractivity (Wildman–Crippen MR) is 111 cm³/mol. The van der Waals surface area contributed by atoms with Crippen molar-refractivity contribution in [2.75, 3.05) is 44.6 Å². The van der Waals surface area contributed by atoms with Crippen LogP contribution in [0.5, 0.6) is 5.75 Å². The molecule has 8 heteroatoms. The number of carbonyl (C=O) groups is 1. The van der Waals surface area contributed by atoms with E-state index < -0.39 is 6.61 Å². The van der Waals surface area contributed by atoms with Gasteiger partial charge in [0.15, 0.2) is 0 Å². The Labute approximate surface area is 176 Å². The van der Waals surface area contributed by atoms with Gasteiger partial charge in [0, 0.05) is 25.3 Å². The molecule has 1 N–H and O–H groups in total. The van der Waals surface area contributed by atoms with Gasteiger partial charge in [0.2, 0.25) is 5.91 Å². The van der Waals surface area contributed by atoms with Crippen LogP contribution in [0.2, 0.25) is 5.02 Å². The number of rotatable bonds is 7. The fraction of sp³-hybridized carbons (Fsp3) is 0.667. The van der Waals surface area contributed by atoms with Crippen molar-refractivity contribution < 1.29 is 18.3 Å². The van der Waals surface area contributed by atoms with E-state index in [2.05, 4.69) is 19.9 Å². The van der Waals surface area contributed by atoms with Gasteiger partial charge in [-0.2, -0.15) is 8.78 Å². The standard InChI is InChI=1S/C21H30ClF2N3O2/c22-18-13-17(7-8-19(18)29-21(23)24)25-20(28)15-27-10-4-9-26(11-12-27)14-16-5-2-1-3-6-16/h7-8,13,16,21H,1-6,9-12,14-15H2,(H,25,28). The minimum absolute atomic E-state index is 0.0382. The summed E-state index contributed by atoms with van der Waals surface area (Å²) in [7, 11) is 0. The molecule has 3 rings (SSSR count). The smallest absolute Gasteiger partial charge is 0.387 e. The Morgan fingerprint density at radius 3 is 2.55 bits per heavy atom. The first kappa shape index (κ1) is 22.2. The highest BCUT2D eigenvalue weighted by molar-refractivity contribution is 6.32. The molecule has 5 nitrogen and oxygen atoms in total. The quantitative estimate of drug-likeness (QED) is 0.694. The zero-order valence-electron chi connectivity index (χ0n) is 16.7. The van der Waals surface area contributed by atoms with E-state index in [9.17, 15) is 13.6 Å². The van der Waals surface area contributed by atoms with Crippen molar-refractivity contribution in [3.8, 4) is 5.75 Å². The molecule has 0 unspecified atom stereocenters. The number of amides is 1. The molecule has 1 amide bonds. The first-order chi connectivity index (χ1) is 14.0. The summed E-state index contributed by atoms with van der Waals surface area (Å²) in [6, 6.07) is 4.26. The average molecular weight is 430 g/mol. The lowest BCUT2D eigenvalue weighted by atomic mass is 9.89. The lowest BCUT2D eigenvalue weighted by molar-refractivity contribution is -0.117. The second-order valence-corrected chi connectivity index (χ2v) is 8.41. The second kappa shape index (κ2) is 11.1. The fourth-order valence-electron chi connectivity index (χ4n) is 4.27. The molecular weight excluding hydrogens is 400 g/mol. The molecule has 1 aliphatic heterocycles. The third kappa shape index (κ3) is 7.39. The van der Waals surface area contributed by atoms with Gasteiger partial charge < -0.3 is 15.0 Å². The van der Waals surface area contributed by atoms with Gasteiger partial charge in [-0.15, -0.1) is 0 Å². The maximum atomic E-state index is 12.4. The molecule has 2 aliphatic rings. The van der Waals surface area contributed by atoms with Crippen LogP contribution in [0.15, 0.2) is 18.2 Å². The van der Waals surface area contributed by atoms with Crippen LogP contribution < -0.4 is 10.1 Å². The Balaban J connectivity index is 1.44. The monoisotopic (exact) mass is 429 g/mol. The highest BCUT2D eigenvalue weighted by Crippen LogP contribution is 2.29. The molecule has 1 aromatic carbocycles. The molecule has 1 aliphatic carbocycles. The van der Waals surface area contributed by atoms with Crippen molar-refractivity contribution >= 4 is 23.2 Å². The molecule has 0 aromatic heterocycles. The van der Waals surface area contributed by atoms with Crippen molar-refractivity contribution in [2.24, 2.45) is 5.92 Å². The van der Waals surface area contributed by atoms with Crippen LogP contribution in [0.25, 0.3) is 0 Å². The molecule has 1 saturated heterocycles. The molecule has 2 fully saturated rings. The highest BCUT2D eigenvalue weighted by Gasteiger charge is 2.21. The summed E-state index contributed by atoms with van der Waals surface area (Å²) in [5, 5.41) is 2.82. The van der Waals surface area contributed by atoms with E-state index in [0.717, 1.165) is 38.5 Å². The van der Waals surface area contributed by atoms with E-state index in [1.807, 2.05) is 0 Å². The molecule has 1 aromatic rings. The molecule has 29 heavy (non-hydrogen) atoms. The molecule has 0 spiro atoms. The van der Waals surface area contributed by atoms with Crippen molar-refractivity contribution in [3.05, 3.63) is 23.2 Å². The van der Waals surface area contributed by atoms with Gasteiger partial charge in [0.1, 0.15) is 5.75 Å². The minimum Gasteiger partial charge on any atom is -0.433 e. The van der Waals surface area contributed by atoms with Crippen molar-refractivity contribution in [2.45, 2.75) is 45.1 Å². The van der Waals surface area contributed by atoms with Gasteiger partial charge in [0.25, 0.3) is 0 Å². The van der Waals surface area contributed by atoms with Crippen LogP contribution >= 0.6 is 11.6 Å². The zero-order chi connectivity index (χ0) is 20.6. The number of alkyl halides is 2. The predicted octanol–water partition coefficient (Wildman–Crippen LogP) is 4.47. The van der Waals surface area contributed by atoms with Gasteiger partial charge in [-0.05, 0) is 56.5 Å². The van der Waals surface area contributed by atoms with Gasteiger partial charge in [-0.3, -0.25) is 9.69 Å². The number of carbonyl (C=O) groups excluding carboxylic acids is 1. The molecule has 1 heterocycles. The summed E-state index contributed by atoms with van der Waals surface area (Å²) in [6.45, 7) is 2.42. The second-order valence-electron chi connectivity index (χ2n) is 8.01. The van der Waals surface area contributed by atoms with Crippen LogP contribution in [0, 0.1) is 5.92 Å². The van der Waals surface area contributed by atoms with E-state index in [1.54, 1.807) is 0 Å². The Bertz CT molecular complexity index is 671.